The summed E-state index contributed by atoms with van der Waals surface area (Å²) in [4.78, 5) is 50.1. The molecular weight excluding hydrogens is 1530 g/mol. The van der Waals surface area contributed by atoms with E-state index in [9.17, 15) is 9.13 Å². The average molecular weight is 1650 g/mol. The molecule has 110 heavy (non-hydrogen) atoms. The molecule has 5 saturated heterocycles. The van der Waals surface area contributed by atoms with Gasteiger partial charge < -0.3 is 68.8 Å². The first-order chi connectivity index (χ1) is 51.4. The highest BCUT2D eigenvalue weighted by Crippen LogP contribution is 2.44. The molecule has 0 radical (unpaired) electrons. The van der Waals surface area contributed by atoms with E-state index in [1.807, 2.05) is 77.9 Å². The first-order valence-electron chi connectivity index (χ1n) is 37.3. The first-order valence-corrected chi connectivity index (χ1v) is 44.0. The molecule has 13 rings (SSSR count). The van der Waals surface area contributed by atoms with Crippen molar-refractivity contribution >= 4 is 134 Å². The number of rotatable bonds is 20. The van der Waals surface area contributed by atoms with Gasteiger partial charge in [0.05, 0.1) is 65.0 Å². The molecule has 0 amide bonds. The van der Waals surface area contributed by atoms with Crippen molar-refractivity contribution in [2.45, 2.75) is 132 Å². The van der Waals surface area contributed by atoms with Gasteiger partial charge in [0.1, 0.15) is 47.5 Å². The monoisotopic (exact) mass is 1640 g/mol. The lowest BCUT2D eigenvalue weighted by molar-refractivity contribution is 0.00578. The van der Waals surface area contributed by atoms with E-state index < -0.39 is 32.6 Å². The third-order valence-electron chi connectivity index (χ3n) is 21.3. The molecule has 5 fully saturated rings. The Morgan fingerprint density at radius 2 is 0.909 bits per heavy atom. The number of halogens is 3. The normalized spacial score (nSPS) is 17.4. The Morgan fingerprint density at radius 3 is 1.29 bits per heavy atom. The highest BCUT2D eigenvalue weighted by atomic mass is 79.9. The summed E-state index contributed by atoms with van der Waals surface area (Å²) in [6.45, 7) is 36.5. The van der Waals surface area contributed by atoms with Crippen LogP contribution in [0.1, 0.15) is 105 Å². The Hall–Kier alpha value is -7.06. The van der Waals surface area contributed by atoms with Crippen LogP contribution in [0.15, 0.2) is 102 Å². The maximum Gasteiger partial charge on any atom is 0.494 e. The van der Waals surface area contributed by atoms with E-state index in [2.05, 4.69) is 149 Å². The number of methoxy groups -OCH3 is 2. The largest absolute Gasteiger partial charge is 0.494 e. The number of aryl methyl sites for hydroxylation is 4. The second-order valence-corrected chi connectivity index (χ2v) is 38.3. The molecule has 8 aromatic rings. The molecule has 4 aromatic heterocycles. The number of hydrogen-bond donors (Lipinski definition) is 4. The van der Waals surface area contributed by atoms with Crippen LogP contribution in [-0.2, 0) is 31.3 Å². The number of ether oxygens (including phenoxy) is 2. The topological polar surface area (TPSA) is 242 Å². The van der Waals surface area contributed by atoms with Gasteiger partial charge in [0.2, 0.25) is 11.9 Å². The van der Waals surface area contributed by atoms with Crippen LogP contribution < -0.4 is 56.6 Å². The molecule has 30 heteroatoms. The summed E-state index contributed by atoms with van der Waals surface area (Å²) in [5, 5.41) is 15.4. The van der Waals surface area contributed by atoms with Crippen LogP contribution in [0.25, 0.3) is 11.1 Å². The van der Waals surface area contributed by atoms with Gasteiger partial charge in [-0.1, -0.05) is 64.0 Å². The Balaban J connectivity index is 0.000000226. The Bertz CT molecular complexity index is 4480. The van der Waals surface area contributed by atoms with Gasteiger partial charge in [-0.3, -0.25) is 9.80 Å². The van der Waals surface area contributed by atoms with Crippen molar-refractivity contribution in [3.8, 4) is 22.6 Å². The predicted molar refractivity (Wildman–Crippen MR) is 461 cm³/mol. The van der Waals surface area contributed by atoms with Crippen molar-refractivity contribution in [2.75, 3.05) is 165 Å². The number of nitrogens with one attached hydrogen (secondary N) is 4. The quantitative estimate of drug-likeness (QED) is 0.0409. The third-order valence-corrected chi connectivity index (χ3v) is 25.4. The first kappa shape index (κ1) is 86.9. The van der Waals surface area contributed by atoms with E-state index >= 15 is 0 Å². The number of nitrogens with zero attached hydrogens (tertiary/aromatic N) is 14. The summed E-state index contributed by atoms with van der Waals surface area (Å²) in [5.41, 5.74) is 9.31. The lowest BCUT2D eigenvalue weighted by Crippen LogP contribution is -2.52. The van der Waals surface area contributed by atoms with Crippen molar-refractivity contribution in [2.24, 2.45) is 0 Å². The zero-order valence-electron chi connectivity index (χ0n) is 65.4. The smallest absolute Gasteiger partial charge is 0.494 e. The van der Waals surface area contributed by atoms with Gasteiger partial charge in [-0.15, -0.1) is 0 Å². The lowest BCUT2D eigenvalue weighted by atomic mass is 9.79. The highest BCUT2D eigenvalue weighted by molar-refractivity contribution is 9.10. The molecule has 5 aliphatic rings. The van der Waals surface area contributed by atoms with Crippen LogP contribution in [-0.4, -0.2) is 223 Å². The van der Waals surface area contributed by atoms with Gasteiger partial charge in [0.25, 0.3) is 0 Å². The van der Waals surface area contributed by atoms with Crippen LogP contribution in [0.2, 0.25) is 10.0 Å². The van der Waals surface area contributed by atoms with E-state index in [4.69, 9.17) is 52.0 Å². The fourth-order valence-corrected chi connectivity index (χ4v) is 17.0. The van der Waals surface area contributed by atoms with E-state index in [0.717, 1.165) is 154 Å². The van der Waals surface area contributed by atoms with Gasteiger partial charge >= 0.3 is 7.12 Å². The molecule has 0 saturated carbocycles. The summed E-state index contributed by atoms with van der Waals surface area (Å²) in [7, 11) is 1.76. The summed E-state index contributed by atoms with van der Waals surface area (Å²) in [6.07, 6.45) is 16.5. The molecule has 24 nitrogen and oxygen atoms in total. The van der Waals surface area contributed by atoms with Gasteiger partial charge in [-0.2, -0.15) is 9.97 Å². The fourth-order valence-electron chi connectivity index (χ4n) is 14.2. The molecule has 4 N–H and O–H groups in total. The molecule has 594 valence electrons. The minimum absolute atomic E-state index is 0. The molecule has 0 spiro atoms. The lowest BCUT2D eigenvalue weighted by Gasteiger charge is -2.43. The van der Waals surface area contributed by atoms with E-state index in [1.54, 1.807) is 78.1 Å². The maximum atomic E-state index is 13.6. The minimum atomic E-state index is -2.76. The number of benzene rings is 4. The average Bonchev–Trinajstić information content (AvgIpc) is 1.58. The molecule has 0 aliphatic carbocycles. The molecular formula is C80H114BBrCl2N18O6P2. The number of piperidine rings is 2. The minimum Gasteiger partial charge on any atom is -0.494 e. The highest BCUT2D eigenvalue weighted by Gasteiger charge is 2.52. The van der Waals surface area contributed by atoms with Crippen LogP contribution in [0, 0.1) is 13.8 Å². The van der Waals surface area contributed by atoms with Crippen LogP contribution in [0.5, 0.6) is 11.5 Å². The van der Waals surface area contributed by atoms with Crippen molar-refractivity contribution in [3.05, 3.63) is 135 Å². The van der Waals surface area contributed by atoms with Crippen LogP contribution >= 0.6 is 53.4 Å². The summed E-state index contributed by atoms with van der Waals surface area (Å²) < 4.78 is 52.3. The number of hydrogen-bond acceptors (Lipinski definition) is 24. The van der Waals surface area contributed by atoms with Gasteiger partial charge in [0.15, 0.2) is 11.6 Å². The van der Waals surface area contributed by atoms with Crippen LogP contribution in [0.4, 0.5) is 57.7 Å². The van der Waals surface area contributed by atoms with Gasteiger partial charge in [-0.25, -0.2) is 29.9 Å². The second kappa shape index (κ2) is 37.7. The number of piperazine rings is 2. The van der Waals surface area contributed by atoms with Crippen molar-refractivity contribution in [1.82, 2.24) is 59.5 Å². The van der Waals surface area contributed by atoms with E-state index in [-0.39, 0.29) is 14.9 Å². The molecule has 5 aliphatic heterocycles. The van der Waals surface area contributed by atoms with Gasteiger partial charge in [0, 0.05) is 155 Å². The zero-order chi connectivity index (χ0) is 77.4. The number of aromatic nitrogens is 8. The third kappa shape index (κ3) is 21.6. The maximum absolute atomic E-state index is 13.6. The number of anilines is 10. The SMILES string of the molecule is C.C.CCc1cc(Nc2ncc(Cl)c(Nc3ccc(-c4cnc(C)nc4)cc3P(C)(C)=O)n2)c(OC)cc1N1CCC(N2CCN(C)CC2)CC1.CCc1cc(Nc2ncc(Cl)c(Nc3ccc(B4OC(C)(C)C(C)(C)O4)cc3P(C)(C)=O)n2)c(OC)cc1N1CCC(N2CCN(C)CC2)CC1.Cc1ncc(Br)cn1. The Labute approximate surface area is 671 Å². The molecule has 0 bridgehead atoms. The Morgan fingerprint density at radius 1 is 0.518 bits per heavy atom. The Kier molecular flexibility index (Phi) is 29.8. The van der Waals surface area contributed by atoms with Gasteiger partial charge in [-0.05, 0) is 195 Å². The predicted octanol–water partition coefficient (Wildman–Crippen LogP) is 15.2. The summed E-state index contributed by atoms with van der Waals surface area (Å²) in [5.74, 6) is 4.43. The summed E-state index contributed by atoms with van der Waals surface area (Å²) >= 11 is 16.5. The second-order valence-electron chi connectivity index (χ2n) is 30.2. The molecule has 4 aromatic carbocycles. The van der Waals surface area contributed by atoms with E-state index in [0.29, 0.717) is 73.5 Å². The molecule has 0 unspecified atom stereocenters. The standard InChI is InChI=1S/C37H54BClN7O4P.C36H47ClN9O2P.C5H5BrN2.2CH4/c1-10-25-21-30(32(48-7)23-31(25)46-15-13-27(14-16-46)45-19-17-44(6)18-20-45)42-35-40-24-28(39)34(43-35)41-29-12-11-26(22-33(29)51(8,9)47)38-49-36(2,3)37(4,5)50-38;1-7-25-18-31(33(48-4)20-32(25)46-12-10-28(11-13-46)45-16-14-44(3)15-17-45)42-36-40-23-29(37)35(43-36)41-30-9-8-26(19-34(30)49(5,6)47)27-21-38-24(2)39-22-27;1-4-7-2-5(6)3-8-4;;/h11-12,21-24,27H,10,13-20H2,1-9H3,(H2,40,41,42,43);8-9,18-23,28H,7,10-17H2,1-6H3,(H2,40,41,42,43);2-3H,1H3;2*1H4. The molecule has 9 heterocycles. The zero-order valence-corrected chi connectivity index (χ0v) is 70.3. The van der Waals surface area contributed by atoms with E-state index in [1.165, 1.54) is 35.3 Å². The van der Waals surface area contributed by atoms with Crippen molar-refractivity contribution in [3.63, 3.8) is 0 Å². The van der Waals surface area contributed by atoms with Crippen molar-refractivity contribution in [1.29, 1.82) is 0 Å². The van der Waals surface area contributed by atoms with Crippen molar-refractivity contribution < 1.29 is 27.9 Å². The fraction of sp³-hybridized carbons (Fsp3) is 0.500. The summed E-state index contributed by atoms with van der Waals surface area (Å²) in [6, 6.07) is 21.3. The number of likely N-dealkylation sites (N-methyl/N-ethyl adjacent to an activating group) is 2. The molecule has 0 atom stereocenters. The van der Waals surface area contributed by atoms with Crippen LogP contribution in [0.3, 0.4) is 0 Å².